The van der Waals surface area contributed by atoms with Crippen molar-refractivity contribution in [3.05, 3.63) is 63.9 Å². The van der Waals surface area contributed by atoms with Crippen LogP contribution in [0.4, 0.5) is 10.1 Å². The fourth-order valence-corrected chi connectivity index (χ4v) is 3.14. The predicted octanol–water partition coefficient (Wildman–Crippen LogP) is 5.49. The Hall–Kier alpha value is -1.25. The topological polar surface area (TPSA) is 12.0 Å². The predicted molar refractivity (Wildman–Crippen MR) is 82.2 cm³/mol. The van der Waals surface area contributed by atoms with Gasteiger partial charge in [0, 0.05) is 21.8 Å². The molecule has 3 rings (SSSR count). The molecular formula is C16H14Cl2FN. The number of rotatable bonds is 3. The molecule has 104 valence electrons. The van der Waals surface area contributed by atoms with E-state index in [0.717, 1.165) is 18.5 Å². The van der Waals surface area contributed by atoms with Crippen molar-refractivity contribution in [3.63, 3.8) is 0 Å². The first-order valence-corrected chi connectivity index (χ1v) is 7.34. The monoisotopic (exact) mass is 309 g/mol. The molecule has 0 saturated heterocycles. The van der Waals surface area contributed by atoms with Crippen LogP contribution in [0.3, 0.4) is 0 Å². The summed E-state index contributed by atoms with van der Waals surface area (Å²) >= 11 is 11.9. The summed E-state index contributed by atoms with van der Waals surface area (Å²) in [5.41, 5.74) is 2.15. The van der Waals surface area contributed by atoms with E-state index in [1.165, 1.54) is 17.7 Å². The van der Waals surface area contributed by atoms with Gasteiger partial charge in [-0.2, -0.15) is 0 Å². The van der Waals surface area contributed by atoms with Crippen LogP contribution in [0.15, 0.2) is 42.5 Å². The second-order valence-corrected chi connectivity index (χ2v) is 6.09. The minimum atomic E-state index is -0.184. The van der Waals surface area contributed by atoms with Gasteiger partial charge in [-0.05, 0) is 54.7 Å². The Morgan fingerprint density at radius 2 is 1.55 bits per heavy atom. The summed E-state index contributed by atoms with van der Waals surface area (Å²) < 4.78 is 12.9. The molecule has 0 amide bonds. The normalized spacial score (nSPS) is 21.4. The Morgan fingerprint density at radius 3 is 2.15 bits per heavy atom. The Bertz CT molecular complexity index is 586. The van der Waals surface area contributed by atoms with Crippen molar-refractivity contribution in [2.75, 3.05) is 5.32 Å². The Labute approximate surface area is 127 Å². The van der Waals surface area contributed by atoms with E-state index in [1.807, 2.05) is 24.3 Å². The van der Waals surface area contributed by atoms with E-state index in [9.17, 15) is 4.39 Å². The highest BCUT2D eigenvalue weighted by molar-refractivity contribution is 6.35. The van der Waals surface area contributed by atoms with E-state index in [1.54, 1.807) is 6.07 Å². The molecule has 0 spiro atoms. The molecule has 0 atom stereocenters. The van der Waals surface area contributed by atoms with Crippen LogP contribution < -0.4 is 5.32 Å². The van der Waals surface area contributed by atoms with Gasteiger partial charge in [-0.25, -0.2) is 4.39 Å². The van der Waals surface area contributed by atoms with Crippen LogP contribution in [-0.4, -0.2) is 6.04 Å². The van der Waals surface area contributed by atoms with E-state index in [4.69, 9.17) is 23.2 Å². The standard InChI is InChI=1S/C16H14Cl2FN/c17-12-7-13(18)9-16(8-12)20-15-5-11(6-15)10-1-3-14(19)4-2-10/h1-4,7-9,11,15,20H,5-6H2. The minimum absolute atomic E-state index is 0.184. The van der Waals surface area contributed by atoms with E-state index in [-0.39, 0.29) is 5.82 Å². The molecule has 20 heavy (non-hydrogen) atoms. The van der Waals surface area contributed by atoms with Gasteiger partial charge in [0.2, 0.25) is 0 Å². The third-order valence-corrected chi connectivity index (χ3v) is 4.15. The van der Waals surface area contributed by atoms with Gasteiger partial charge >= 0.3 is 0 Å². The molecule has 1 saturated carbocycles. The molecule has 0 unspecified atom stereocenters. The van der Waals surface area contributed by atoms with E-state index in [0.29, 0.717) is 22.0 Å². The fourth-order valence-electron chi connectivity index (χ4n) is 2.62. The molecule has 1 aliphatic carbocycles. The summed E-state index contributed by atoms with van der Waals surface area (Å²) in [6, 6.07) is 12.7. The molecule has 1 fully saturated rings. The van der Waals surface area contributed by atoms with Crippen LogP contribution in [0.2, 0.25) is 10.0 Å². The van der Waals surface area contributed by atoms with E-state index >= 15 is 0 Å². The lowest BCUT2D eigenvalue weighted by atomic mass is 9.76. The zero-order chi connectivity index (χ0) is 14.1. The summed E-state index contributed by atoms with van der Waals surface area (Å²) in [6.45, 7) is 0. The van der Waals surface area contributed by atoms with Crippen molar-refractivity contribution in [2.45, 2.75) is 24.8 Å². The lowest BCUT2D eigenvalue weighted by Crippen LogP contribution is -2.33. The van der Waals surface area contributed by atoms with Crippen LogP contribution in [0.25, 0.3) is 0 Å². The minimum Gasteiger partial charge on any atom is -0.382 e. The summed E-state index contributed by atoms with van der Waals surface area (Å²) in [4.78, 5) is 0. The highest BCUT2D eigenvalue weighted by atomic mass is 35.5. The van der Waals surface area contributed by atoms with Crippen molar-refractivity contribution >= 4 is 28.9 Å². The van der Waals surface area contributed by atoms with Crippen LogP contribution in [0, 0.1) is 5.82 Å². The van der Waals surface area contributed by atoms with Crippen molar-refractivity contribution in [2.24, 2.45) is 0 Å². The van der Waals surface area contributed by atoms with Gasteiger partial charge < -0.3 is 5.32 Å². The van der Waals surface area contributed by atoms with Gasteiger partial charge in [-0.15, -0.1) is 0 Å². The lowest BCUT2D eigenvalue weighted by Gasteiger charge is -2.37. The van der Waals surface area contributed by atoms with E-state index in [2.05, 4.69) is 5.32 Å². The van der Waals surface area contributed by atoms with Gasteiger partial charge in [-0.1, -0.05) is 35.3 Å². The molecule has 2 aromatic carbocycles. The van der Waals surface area contributed by atoms with Crippen molar-refractivity contribution < 1.29 is 4.39 Å². The molecule has 0 heterocycles. The Morgan fingerprint density at radius 1 is 0.950 bits per heavy atom. The highest BCUT2D eigenvalue weighted by Crippen LogP contribution is 2.39. The van der Waals surface area contributed by atoms with E-state index < -0.39 is 0 Å². The van der Waals surface area contributed by atoms with Crippen molar-refractivity contribution in [1.29, 1.82) is 0 Å². The first-order chi connectivity index (χ1) is 9.60. The first kappa shape index (κ1) is 13.7. The lowest BCUT2D eigenvalue weighted by molar-refractivity contribution is 0.374. The van der Waals surface area contributed by atoms with Gasteiger partial charge in [0.05, 0.1) is 0 Å². The third-order valence-electron chi connectivity index (χ3n) is 3.71. The molecule has 2 aromatic rings. The Balaban J connectivity index is 1.59. The van der Waals surface area contributed by atoms with Gasteiger partial charge in [-0.3, -0.25) is 0 Å². The maximum atomic E-state index is 12.9. The summed E-state index contributed by atoms with van der Waals surface area (Å²) in [5.74, 6) is 0.319. The van der Waals surface area contributed by atoms with Crippen LogP contribution in [0.5, 0.6) is 0 Å². The first-order valence-electron chi connectivity index (χ1n) is 6.58. The zero-order valence-corrected chi connectivity index (χ0v) is 12.3. The number of nitrogens with one attached hydrogen (secondary N) is 1. The molecular weight excluding hydrogens is 296 g/mol. The number of hydrogen-bond acceptors (Lipinski definition) is 1. The zero-order valence-electron chi connectivity index (χ0n) is 10.7. The molecule has 0 aliphatic heterocycles. The number of anilines is 1. The van der Waals surface area contributed by atoms with Crippen LogP contribution in [-0.2, 0) is 0 Å². The summed E-state index contributed by atoms with van der Waals surface area (Å²) in [7, 11) is 0. The number of halogens is 3. The molecule has 1 aliphatic rings. The molecule has 0 radical (unpaired) electrons. The largest absolute Gasteiger partial charge is 0.382 e. The van der Waals surface area contributed by atoms with Gasteiger partial charge in [0.15, 0.2) is 0 Å². The quantitative estimate of drug-likeness (QED) is 0.790. The van der Waals surface area contributed by atoms with Crippen LogP contribution in [0.1, 0.15) is 24.3 Å². The summed E-state index contributed by atoms with van der Waals surface area (Å²) in [6.07, 6.45) is 2.07. The van der Waals surface area contributed by atoms with Gasteiger partial charge in [0.1, 0.15) is 5.82 Å². The second-order valence-electron chi connectivity index (χ2n) is 5.22. The van der Waals surface area contributed by atoms with Crippen molar-refractivity contribution in [3.8, 4) is 0 Å². The SMILES string of the molecule is Fc1ccc(C2CC(Nc3cc(Cl)cc(Cl)c3)C2)cc1. The maximum absolute atomic E-state index is 12.9. The van der Waals surface area contributed by atoms with Gasteiger partial charge in [0.25, 0.3) is 0 Å². The Kier molecular flexibility index (Phi) is 3.86. The molecule has 1 nitrogen and oxygen atoms in total. The smallest absolute Gasteiger partial charge is 0.123 e. The highest BCUT2D eigenvalue weighted by Gasteiger charge is 2.30. The molecule has 1 N–H and O–H groups in total. The van der Waals surface area contributed by atoms with Crippen LogP contribution >= 0.6 is 23.2 Å². The molecule has 0 aromatic heterocycles. The number of benzene rings is 2. The third kappa shape index (κ3) is 3.08. The maximum Gasteiger partial charge on any atom is 0.123 e. The summed E-state index contributed by atoms with van der Waals surface area (Å²) in [5, 5.41) is 4.70. The molecule has 0 bridgehead atoms. The fraction of sp³-hybridized carbons (Fsp3) is 0.250. The average Bonchev–Trinajstić information content (AvgIpc) is 2.33. The molecule has 4 heteroatoms. The number of hydrogen-bond donors (Lipinski definition) is 1. The second kappa shape index (κ2) is 5.63. The average molecular weight is 310 g/mol. The van der Waals surface area contributed by atoms with Crippen molar-refractivity contribution in [1.82, 2.24) is 0 Å².